The van der Waals surface area contributed by atoms with Gasteiger partial charge in [0.25, 0.3) is 0 Å². The number of halogens is 3. The third kappa shape index (κ3) is 4.33. The molecule has 1 aromatic rings. The Hall–Kier alpha value is -1.53. The first-order valence-electron chi connectivity index (χ1n) is 4.61. The van der Waals surface area contributed by atoms with Crippen LogP contribution in [0.25, 0.3) is 0 Å². The van der Waals surface area contributed by atoms with E-state index in [1.54, 1.807) is 0 Å². The normalized spacial score (nSPS) is 13.3. The van der Waals surface area contributed by atoms with Crippen LogP contribution in [0.1, 0.15) is 13.3 Å². The smallest absolute Gasteiger partial charge is 0.391 e. The molecule has 1 rings (SSSR count). The van der Waals surface area contributed by atoms with Crippen molar-refractivity contribution >= 4 is 5.95 Å². The van der Waals surface area contributed by atoms with Crippen LogP contribution in [-0.2, 0) is 0 Å². The molecule has 0 aliphatic heterocycles. The van der Waals surface area contributed by atoms with E-state index in [-0.39, 0.29) is 5.95 Å². The molecule has 0 aromatic carbocycles. The summed E-state index contributed by atoms with van der Waals surface area (Å²) in [6.45, 7) is 1.41. The van der Waals surface area contributed by atoms with Gasteiger partial charge in [0.2, 0.25) is 11.8 Å². The van der Waals surface area contributed by atoms with Crippen molar-refractivity contribution in [1.82, 2.24) is 9.97 Å². The Morgan fingerprint density at radius 3 is 2.75 bits per heavy atom. The molecule has 1 N–H and O–H groups in total. The number of anilines is 1. The highest BCUT2D eigenvalue weighted by atomic mass is 19.4. The first-order valence-corrected chi connectivity index (χ1v) is 4.61. The Balaban J connectivity index is 2.59. The molecule has 0 spiro atoms. The van der Waals surface area contributed by atoms with E-state index in [1.807, 2.05) is 0 Å². The molecule has 1 heterocycles. The van der Waals surface area contributed by atoms with E-state index in [0.717, 1.165) is 0 Å². The highest BCUT2D eigenvalue weighted by molar-refractivity contribution is 5.28. The maximum Gasteiger partial charge on any atom is 0.391 e. The van der Waals surface area contributed by atoms with E-state index in [4.69, 9.17) is 4.74 Å². The van der Waals surface area contributed by atoms with Crippen LogP contribution in [0.4, 0.5) is 19.1 Å². The zero-order valence-electron chi connectivity index (χ0n) is 8.88. The molecule has 7 heteroatoms. The maximum atomic E-state index is 12.0. The summed E-state index contributed by atoms with van der Waals surface area (Å²) in [5.74, 6) is 0.424. The van der Waals surface area contributed by atoms with E-state index in [1.165, 1.54) is 26.3 Å². The molecule has 0 amide bonds. The highest BCUT2D eigenvalue weighted by Crippen LogP contribution is 2.22. The molecule has 1 aromatic heterocycles. The number of hydrogen-bond acceptors (Lipinski definition) is 4. The number of nitrogens with one attached hydrogen (secondary N) is 1. The monoisotopic (exact) mass is 235 g/mol. The van der Waals surface area contributed by atoms with Crippen LogP contribution < -0.4 is 10.1 Å². The SMILES string of the molecule is COc1ccnc(NC(C)CC(F)(F)F)n1. The molecular weight excluding hydrogens is 223 g/mol. The quantitative estimate of drug-likeness (QED) is 0.869. The molecule has 0 saturated carbocycles. The zero-order valence-corrected chi connectivity index (χ0v) is 8.88. The third-order valence-corrected chi connectivity index (χ3v) is 1.75. The fraction of sp³-hybridized carbons (Fsp3) is 0.556. The lowest BCUT2D eigenvalue weighted by atomic mass is 10.2. The number of ether oxygens (including phenoxy) is 1. The molecule has 0 aliphatic rings. The minimum Gasteiger partial charge on any atom is -0.481 e. The number of aromatic nitrogens is 2. The molecule has 4 nitrogen and oxygen atoms in total. The summed E-state index contributed by atoms with van der Waals surface area (Å²) in [6.07, 6.45) is -3.73. The predicted molar refractivity (Wildman–Crippen MR) is 52.3 cm³/mol. The maximum absolute atomic E-state index is 12.0. The van der Waals surface area contributed by atoms with Gasteiger partial charge in [0.1, 0.15) is 0 Å². The lowest BCUT2D eigenvalue weighted by Gasteiger charge is -2.15. The molecule has 16 heavy (non-hydrogen) atoms. The molecular formula is C9H12F3N3O. The highest BCUT2D eigenvalue weighted by Gasteiger charge is 2.30. The van der Waals surface area contributed by atoms with E-state index < -0.39 is 18.6 Å². The third-order valence-electron chi connectivity index (χ3n) is 1.75. The minimum atomic E-state index is -4.20. The van der Waals surface area contributed by atoms with Gasteiger partial charge in [-0.2, -0.15) is 18.2 Å². The standard InChI is InChI=1S/C9H12F3N3O/c1-6(5-9(10,11)12)14-8-13-4-3-7(15-8)16-2/h3-4,6H,5H2,1-2H3,(H,13,14,15). The fourth-order valence-electron chi connectivity index (χ4n) is 1.14. The Morgan fingerprint density at radius 2 is 2.19 bits per heavy atom. The Kier molecular flexibility index (Phi) is 3.92. The lowest BCUT2D eigenvalue weighted by molar-refractivity contribution is -0.136. The molecule has 0 radical (unpaired) electrons. The molecule has 0 aliphatic carbocycles. The largest absolute Gasteiger partial charge is 0.481 e. The van der Waals surface area contributed by atoms with Crippen LogP contribution in [0.15, 0.2) is 12.3 Å². The van der Waals surface area contributed by atoms with Crippen molar-refractivity contribution in [3.05, 3.63) is 12.3 Å². The molecule has 0 bridgehead atoms. The van der Waals surface area contributed by atoms with Gasteiger partial charge in [0.15, 0.2) is 0 Å². The van der Waals surface area contributed by atoms with Crippen LogP contribution in [0.3, 0.4) is 0 Å². The van der Waals surface area contributed by atoms with Crippen LogP contribution in [-0.4, -0.2) is 29.3 Å². The van der Waals surface area contributed by atoms with Crippen molar-refractivity contribution in [3.63, 3.8) is 0 Å². The Morgan fingerprint density at radius 1 is 1.50 bits per heavy atom. The van der Waals surface area contributed by atoms with Crippen molar-refractivity contribution in [3.8, 4) is 5.88 Å². The van der Waals surface area contributed by atoms with Gasteiger partial charge in [-0.1, -0.05) is 0 Å². The Labute approximate surface area is 90.9 Å². The van der Waals surface area contributed by atoms with Gasteiger partial charge in [-0.25, -0.2) is 4.98 Å². The number of rotatable bonds is 4. The van der Waals surface area contributed by atoms with Crippen molar-refractivity contribution in [2.45, 2.75) is 25.6 Å². The van der Waals surface area contributed by atoms with E-state index >= 15 is 0 Å². The van der Waals surface area contributed by atoms with Gasteiger partial charge in [-0.3, -0.25) is 0 Å². The van der Waals surface area contributed by atoms with E-state index in [0.29, 0.717) is 5.88 Å². The summed E-state index contributed by atoms with van der Waals surface area (Å²) >= 11 is 0. The van der Waals surface area contributed by atoms with Gasteiger partial charge in [-0.15, -0.1) is 0 Å². The first-order chi connectivity index (χ1) is 7.40. The summed E-state index contributed by atoms with van der Waals surface area (Å²) in [6, 6.07) is 0.728. The van der Waals surface area contributed by atoms with Crippen molar-refractivity contribution in [1.29, 1.82) is 0 Å². The van der Waals surface area contributed by atoms with Crippen LogP contribution in [0, 0.1) is 0 Å². The molecule has 1 unspecified atom stereocenters. The number of nitrogens with zero attached hydrogens (tertiary/aromatic N) is 2. The second-order valence-corrected chi connectivity index (χ2v) is 3.29. The number of alkyl halides is 3. The van der Waals surface area contributed by atoms with Gasteiger partial charge >= 0.3 is 6.18 Å². The lowest BCUT2D eigenvalue weighted by Crippen LogP contribution is -2.24. The topological polar surface area (TPSA) is 47.0 Å². The molecule has 1 atom stereocenters. The fourth-order valence-corrected chi connectivity index (χ4v) is 1.14. The minimum absolute atomic E-state index is 0.121. The zero-order chi connectivity index (χ0) is 12.2. The van der Waals surface area contributed by atoms with Crippen molar-refractivity contribution in [2.75, 3.05) is 12.4 Å². The van der Waals surface area contributed by atoms with Gasteiger partial charge in [0.05, 0.1) is 13.5 Å². The van der Waals surface area contributed by atoms with Crippen molar-refractivity contribution in [2.24, 2.45) is 0 Å². The van der Waals surface area contributed by atoms with Crippen LogP contribution >= 0.6 is 0 Å². The first kappa shape index (κ1) is 12.5. The molecule has 0 saturated heterocycles. The van der Waals surface area contributed by atoms with Gasteiger partial charge in [-0.05, 0) is 6.92 Å². The Bertz CT molecular complexity index is 343. The molecule has 0 fully saturated rings. The second kappa shape index (κ2) is 5.00. The van der Waals surface area contributed by atoms with Crippen LogP contribution in [0.2, 0.25) is 0 Å². The molecule has 90 valence electrons. The van der Waals surface area contributed by atoms with Crippen LogP contribution in [0.5, 0.6) is 5.88 Å². The average Bonchev–Trinajstić information content (AvgIpc) is 2.15. The van der Waals surface area contributed by atoms with Gasteiger partial charge in [0, 0.05) is 18.3 Å². The van der Waals surface area contributed by atoms with E-state index in [9.17, 15) is 13.2 Å². The number of hydrogen-bond donors (Lipinski definition) is 1. The van der Waals surface area contributed by atoms with E-state index in [2.05, 4.69) is 15.3 Å². The summed E-state index contributed by atoms with van der Waals surface area (Å²) in [5.41, 5.74) is 0. The summed E-state index contributed by atoms with van der Waals surface area (Å²) in [5, 5.41) is 2.55. The average molecular weight is 235 g/mol. The summed E-state index contributed by atoms with van der Waals surface area (Å²) in [7, 11) is 1.42. The number of methoxy groups -OCH3 is 1. The predicted octanol–water partition coefficient (Wildman–Crippen LogP) is 2.24. The summed E-state index contributed by atoms with van der Waals surface area (Å²) in [4.78, 5) is 7.64. The second-order valence-electron chi connectivity index (χ2n) is 3.29. The summed E-state index contributed by atoms with van der Waals surface area (Å²) < 4.78 is 41.0. The van der Waals surface area contributed by atoms with Gasteiger partial charge < -0.3 is 10.1 Å². The van der Waals surface area contributed by atoms with Crippen molar-refractivity contribution < 1.29 is 17.9 Å².